The number of hydrazone groups is 1. The van der Waals surface area contributed by atoms with E-state index in [4.69, 9.17) is 10.5 Å². The third-order valence-electron chi connectivity index (χ3n) is 3.09. The largest absolute Gasteiger partial charge is 0.328 e. The zero-order valence-corrected chi connectivity index (χ0v) is 11.3. The van der Waals surface area contributed by atoms with Crippen LogP contribution in [0, 0.1) is 22.7 Å². The maximum absolute atomic E-state index is 11.8. The van der Waals surface area contributed by atoms with Crippen molar-refractivity contribution in [2.45, 2.75) is 0 Å². The first-order chi connectivity index (χ1) is 9.49. The van der Waals surface area contributed by atoms with Gasteiger partial charge >= 0.3 is 5.69 Å². The van der Waals surface area contributed by atoms with Crippen LogP contribution in [0.25, 0.3) is 11.0 Å². The molecular formula is C13H12N6O. The number of fused-ring (bicyclic) bond motifs is 1. The minimum atomic E-state index is -0.227. The van der Waals surface area contributed by atoms with E-state index in [2.05, 4.69) is 5.10 Å². The van der Waals surface area contributed by atoms with Crippen LogP contribution in [-0.2, 0) is 14.1 Å². The van der Waals surface area contributed by atoms with Crippen LogP contribution in [0.5, 0.6) is 0 Å². The van der Waals surface area contributed by atoms with Crippen LogP contribution < -0.4 is 10.7 Å². The molecule has 0 bridgehead atoms. The molecule has 7 heteroatoms. The molecule has 2 rings (SSSR count). The Morgan fingerprint density at radius 2 is 1.80 bits per heavy atom. The Hall–Kier alpha value is -3.06. The smallest absolute Gasteiger partial charge is 0.295 e. The fourth-order valence-corrected chi connectivity index (χ4v) is 1.97. The molecule has 1 aromatic heterocycles. The maximum atomic E-state index is 11.8. The maximum Gasteiger partial charge on any atom is 0.328 e. The molecule has 20 heavy (non-hydrogen) atoms. The second kappa shape index (κ2) is 4.90. The normalized spacial score (nSPS) is 9.85. The van der Waals surface area contributed by atoms with Crippen molar-refractivity contribution in [1.82, 2.24) is 9.13 Å². The van der Waals surface area contributed by atoms with Crippen molar-refractivity contribution in [2.24, 2.45) is 19.2 Å². The van der Waals surface area contributed by atoms with E-state index in [1.807, 2.05) is 0 Å². The number of benzene rings is 1. The molecule has 1 aromatic carbocycles. The molecule has 0 saturated carbocycles. The number of nitrogens with zero attached hydrogens (tertiary/aromatic N) is 6. The van der Waals surface area contributed by atoms with Gasteiger partial charge in [0.1, 0.15) is 12.1 Å². The quantitative estimate of drug-likeness (QED) is 0.592. The summed E-state index contributed by atoms with van der Waals surface area (Å²) in [5.41, 5.74) is 1.90. The third-order valence-corrected chi connectivity index (χ3v) is 3.09. The first-order valence-electron chi connectivity index (χ1n) is 5.77. The molecule has 0 aliphatic rings. The average Bonchev–Trinajstić information content (AvgIpc) is 2.69. The van der Waals surface area contributed by atoms with Crippen LogP contribution in [0.3, 0.4) is 0 Å². The van der Waals surface area contributed by atoms with E-state index in [0.717, 1.165) is 11.0 Å². The second-order valence-electron chi connectivity index (χ2n) is 4.27. The Labute approximate surface area is 115 Å². The number of imidazole rings is 1. The van der Waals surface area contributed by atoms with Crippen molar-refractivity contribution in [3.05, 3.63) is 28.7 Å². The number of aromatic nitrogens is 2. The molecular weight excluding hydrogens is 256 g/mol. The summed E-state index contributed by atoms with van der Waals surface area (Å²) in [5, 5.41) is 22.7. The Kier molecular flexibility index (Phi) is 3.28. The lowest BCUT2D eigenvalue weighted by molar-refractivity contribution is 0.795. The number of nitriles is 2. The topological polar surface area (TPSA) is 90.1 Å². The summed E-state index contributed by atoms with van der Waals surface area (Å²) >= 11 is 0. The van der Waals surface area contributed by atoms with Crippen molar-refractivity contribution >= 4 is 22.4 Å². The van der Waals surface area contributed by atoms with Crippen LogP contribution in [0.15, 0.2) is 28.1 Å². The molecule has 0 fully saturated rings. The first kappa shape index (κ1) is 13.4. The minimum absolute atomic E-state index is 0.113. The van der Waals surface area contributed by atoms with E-state index < -0.39 is 0 Å². The van der Waals surface area contributed by atoms with Gasteiger partial charge in [0.2, 0.25) is 5.71 Å². The number of rotatable bonds is 2. The van der Waals surface area contributed by atoms with Crippen LogP contribution in [0.2, 0.25) is 0 Å². The molecule has 0 aliphatic heterocycles. The Morgan fingerprint density at radius 3 is 2.40 bits per heavy atom. The first-order valence-corrected chi connectivity index (χ1v) is 5.77. The lowest BCUT2D eigenvalue weighted by atomic mass is 10.2. The van der Waals surface area contributed by atoms with Crippen LogP contribution in [0.4, 0.5) is 5.69 Å². The van der Waals surface area contributed by atoms with Gasteiger partial charge < -0.3 is 0 Å². The number of hydrogen-bond acceptors (Lipinski definition) is 5. The average molecular weight is 268 g/mol. The summed E-state index contributed by atoms with van der Waals surface area (Å²) in [5.74, 6) is 0. The zero-order valence-electron chi connectivity index (χ0n) is 11.3. The van der Waals surface area contributed by atoms with E-state index in [1.54, 1.807) is 56.0 Å². The van der Waals surface area contributed by atoms with Gasteiger partial charge in [0.15, 0.2) is 0 Å². The van der Waals surface area contributed by atoms with E-state index >= 15 is 0 Å². The Balaban J connectivity index is 2.56. The Morgan fingerprint density at radius 1 is 1.20 bits per heavy atom. The van der Waals surface area contributed by atoms with Crippen LogP contribution >= 0.6 is 0 Å². The van der Waals surface area contributed by atoms with Crippen molar-refractivity contribution in [2.75, 3.05) is 12.1 Å². The predicted molar refractivity (Wildman–Crippen MR) is 75.2 cm³/mol. The van der Waals surface area contributed by atoms with Gasteiger partial charge in [0, 0.05) is 21.1 Å². The monoisotopic (exact) mass is 268 g/mol. The highest BCUT2D eigenvalue weighted by molar-refractivity contribution is 6.10. The minimum Gasteiger partial charge on any atom is -0.295 e. The van der Waals surface area contributed by atoms with E-state index in [0.29, 0.717) is 5.69 Å². The third kappa shape index (κ3) is 2.02. The summed E-state index contributed by atoms with van der Waals surface area (Å²) in [4.78, 5) is 11.8. The Bertz CT molecular complexity index is 827. The van der Waals surface area contributed by atoms with Gasteiger partial charge in [-0.15, -0.1) is 0 Å². The molecule has 0 aliphatic carbocycles. The van der Waals surface area contributed by atoms with Crippen LogP contribution in [-0.4, -0.2) is 21.9 Å². The molecule has 0 spiro atoms. The molecule has 0 radical (unpaired) electrons. The van der Waals surface area contributed by atoms with Crippen molar-refractivity contribution in [1.29, 1.82) is 10.5 Å². The highest BCUT2D eigenvalue weighted by Gasteiger charge is 2.10. The molecule has 0 saturated heterocycles. The molecule has 100 valence electrons. The highest BCUT2D eigenvalue weighted by atomic mass is 16.1. The summed E-state index contributed by atoms with van der Waals surface area (Å²) < 4.78 is 3.09. The summed E-state index contributed by atoms with van der Waals surface area (Å²) in [6.45, 7) is 0. The SMILES string of the molecule is CN(N=C(C#N)C#N)c1ccc2c(c1)n(C)c(=O)n2C. The number of anilines is 1. The lowest BCUT2D eigenvalue weighted by Crippen LogP contribution is -2.19. The van der Waals surface area contributed by atoms with Gasteiger partial charge in [-0.3, -0.25) is 14.1 Å². The van der Waals surface area contributed by atoms with Gasteiger partial charge in [-0.25, -0.2) is 4.79 Å². The van der Waals surface area contributed by atoms with Gasteiger partial charge in [-0.1, -0.05) is 0 Å². The summed E-state index contributed by atoms with van der Waals surface area (Å²) in [6, 6.07) is 8.77. The van der Waals surface area contributed by atoms with E-state index in [-0.39, 0.29) is 11.4 Å². The molecule has 7 nitrogen and oxygen atoms in total. The van der Waals surface area contributed by atoms with Crippen LogP contribution in [0.1, 0.15) is 0 Å². The van der Waals surface area contributed by atoms with Gasteiger partial charge in [0.25, 0.3) is 0 Å². The fraction of sp³-hybridized carbons (Fsp3) is 0.231. The fourth-order valence-electron chi connectivity index (χ4n) is 1.97. The molecule has 2 aromatic rings. The lowest BCUT2D eigenvalue weighted by Gasteiger charge is -2.12. The summed E-state index contributed by atoms with van der Waals surface area (Å²) in [7, 11) is 5.03. The standard InChI is InChI=1S/C13H12N6O/c1-17-11-5-4-10(6-12(11)18(2)13(17)20)19(3)16-9(7-14)8-15/h4-6H,1-3H3. The van der Waals surface area contributed by atoms with Crippen molar-refractivity contribution < 1.29 is 0 Å². The van der Waals surface area contributed by atoms with E-state index in [9.17, 15) is 4.79 Å². The van der Waals surface area contributed by atoms with E-state index in [1.165, 1.54) is 9.58 Å². The molecule has 0 unspecified atom stereocenters. The zero-order chi connectivity index (χ0) is 14.9. The van der Waals surface area contributed by atoms with Crippen molar-refractivity contribution in [3.8, 4) is 12.1 Å². The van der Waals surface area contributed by atoms with Gasteiger partial charge in [-0.2, -0.15) is 15.6 Å². The number of aryl methyl sites for hydroxylation is 2. The van der Waals surface area contributed by atoms with Crippen molar-refractivity contribution in [3.63, 3.8) is 0 Å². The molecule has 1 heterocycles. The van der Waals surface area contributed by atoms with Gasteiger partial charge in [0.05, 0.1) is 16.7 Å². The summed E-state index contributed by atoms with van der Waals surface area (Å²) in [6.07, 6.45) is 0. The second-order valence-corrected chi connectivity index (χ2v) is 4.27. The molecule has 0 amide bonds. The molecule has 0 atom stereocenters. The number of hydrogen-bond donors (Lipinski definition) is 0. The van der Waals surface area contributed by atoms with Gasteiger partial charge in [-0.05, 0) is 18.2 Å². The predicted octanol–water partition coefficient (Wildman–Crippen LogP) is 0.716. The highest BCUT2D eigenvalue weighted by Crippen LogP contribution is 2.20. The molecule has 0 N–H and O–H groups in total.